The van der Waals surface area contributed by atoms with Crippen LogP contribution in [-0.2, 0) is 14.9 Å². The van der Waals surface area contributed by atoms with Crippen molar-refractivity contribution in [2.24, 2.45) is 0 Å². The zero-order valence-corrected chi connectivity index (χ0v) is 24.6. The van der Waals surface area contributed by atoms with Crippen molar-refractivity contribution in [2.45, 2.75) is 33.1 Å². The lowest BCUT2D eigenvalue weighted by Crippen LogP contribution is -2.21. The number of rotatable bonds is 8. The molecule has 2 aromatic carbocycles. The highest BCUT2D eigenvalue weighted by Gasteiger charge is 2.22. The number of aromatic nitrogens is 4. The van der Waals surface area contributed by atoms with E-state index in [9.17, 15) is 9.59 Å². The quantitative estimate of drug-likeness (QED) is 0.208. The molecule has 0 saturated heterocycles. The van der Waals surface area contributed by atoms with Crippen molar-refractivity contribution in [3.8, 4) is 17.3 Å². The standard InChI is InChI=1S/C28H29Cl2N7O4/c1-16-6-8-17(9-7-16)37-22(12-20(36-37)28(2,3)4)35-27(39)33-18-10-11-19(26(30)25(18)29)41-24-13-21(31-15-32-24)34-23(38)14-40-5/h6-13,15H,14H2,1-5H3,(H2,33,35,39)(H,31,32,34,38). The number of methoxy groups -OCH3 is 1. The zero-order chi connectivity index (χ0) is 29.7. The van der Waals surface area contributed by atoms with Crippen LogP contribution in [0.1, 0.15) is 32.0 Å². The lowest BCUT2D eigenvalue weighted by Gasteiger charge is -2.14. The molecular weight excluding hydrogens is 569 g/mol. The normalized spacial score (nSPS) is 11.2. The average Bonchev–Trinajstić information content (AvgIpc) is 3.33. The molecule has 0 fully saturated rings. The number of nitrogens with one attached hydrogen (secondary N) is 3. The summed E-state index contributed by atoms with van der Waals surface area (Å²) in [6.45, 7) is 8.01. The Labute approximate surface area is 247 Å². The first-order valence-electron chi connectivity index (χ1n) is 12.5. The molecule has 0 atom stereocenters. The SMILES string of the molecule is COCC(=O)Nc1cc(Oc2ccc(NC(=O)Nc3cc(C(C)(C)C)nn3-c3ccc(C)cc3)c(Cl)c2Cl)ncn1. The number of aryl methyl sites for hydroxylation is 1. The molecule has 0 aliphatic carbocycles. The number of carbonyl (C=O) groups excluding carboxylic acids is 2. The van der Waals surface area contributed by atoms with Gasteiger partial charge >= 0.3 is 6.03 Å². The van der Waals surface area contributed by atoms with Gasteiger partial charge in [-0.25, -0.2) is 19.4 Å². The van der Waals surface area contributed by atoms with Crippen LogP contribution in [0.5, 0.6) is 11.6 Å². The van der Waals surface area contributed by atoms with Gasteiger partial charge in [-0.15, -0.1) is 0 Å². The summed E-state index contributed by atoms with van der Waals surface area (Å²) in [7, 11) is 1.41. The predicted molar refractivity (Wildman–Crippen MR) is 159 cm³/mol. The third kappa shape index (κ3) is 7.51. The minimum Gasteiger partial charge on any atom is -0.437 e. The maximum Gasteiger partial charge on any atom is 0.324 e. The number of benzene rings is 2. The van der Waals surface area contributed by atoms with Gasteiger partial charge in [0.2, 0.25) is 5.88 Å². The molecule has 3 N–H and O–H groups in total. The van der Waals surface area contributed by atoms with Gasteiger partial charge in [0.25, 0.3) is 5.91 Å². The summed E-state index contributed by atoms with van der Waals surface area (Å²) in [5.74, 6) is 0.610. The number of halogens is 2. The van der Waals surface area contributed by atoms with Crippen molar-refractivity contribution in [1.29, 1.82) is 0 Å². The monoisotopic (exact) mass is 597 g/mol. The minimum absolute atomic E-state index is 0.0489. The second kappa shape index (κ2) is 12.5. The molecule has 0 unspecified atom stereocenters. The Bertz CT molecular complexity index is 1570. The van der Waals surface area contributed by atoms with Gasteiger partial charge in [-0.05, 0) is 31.2 Å². The molecule has 4 rings (SSSR count). The first-order chi connectivity index (χ1) is 19.4. The van der Waals surface area contributed by atoms with Crippen LogP contribution in [-0.4, -0.2) is 45.4 Å². The molecule has 11 nitrogen and oxygen atoms in total. The summed E-state index contributed by atoms with van der Waals surface area (Å²) < 4.78 is 12.2. The fraction of sp³-hybridized carbons (Fsp3) is 0.250. The van der Waals surface area contributed by atoms with Crippen LogP contribution in [0.3, 0.4) is 0 Å². The van der Waals surface area contributed by atoms with Crippen LogP contribution in [0.15, 0.2) is 54.9 Å². The van der Waals surface area contributed by atoms with Gasteiger partial charge in [-0.1, -0.05) is 61.7 Å². The molecule has 41 heavy (non-hydrogen) atoms. The fourth-order valence-corrected chi connectivity index (χ4v) is 3.99. The van der Waals surface area contributed by atoms with Crippen molar-refractivity contribution >= 4 is 52.5 Å². The first-order valence-corrected chi connectivity index (χ1v) is 13.2. The molecule has 0 spiro atoms. The zero-order valence-electron chi connectivity index (χ0n) is 23.1. The number of hydrogen-bond acceptors (Lipinski definition) is 7. The van der Waals surface area contributed by atoms with Crippen molar-refractivity contribution in [1.82, 2.24) is 19.7 Å². The Morgan fingerprint density at radius 3 is 2.37 bits per heavy atom. The smallest absolute Gasteiger partial charge is 0.324 e. The summed E-state index contributed by atoms with van der Waals surface area (Å²) in [5, 5.41) is 13.0. The Hall–Kier alpha value is -4.19. The summed E-state index contributed by atoms with van der Waals surface area (Å²) >= 11 is 12.9. The van der Waals surface area contributed by atoms with Crippen molar-refractivity contribution in [2.75, 3.05) is 29.7 Å². The minimum atomic E-state index is -0.544. The number of amides is 3. The first kappa shape index (κ1) is 29.8. The number of anilines is 3. The van der Waals surface area contributed by atoms with Crippen LogP contribution in [0, 0.1) is 6.92 Å². The van der Waals surface area contributed by atoms with Crippen molar-refractivity contribution in [3.05, 3.63) is 76.2 Å². The highest BCUT2D eigenvalue weighted by atomic mass is 35.5. The van der Waals surface area contributed by atoms with Crippen LogP contribution in [0.4, 0.5) is 22.1 Å². The van der Waals surface area contributed by atoms with Gasteiger partial charge in [0, 0.05) is 24.7 Å². The van der Waals surface area contributed by atoms with Crippen LogP contribution in [0.25, 0.3) is 5.69 Å². The molecule has 0 aliphatic heterocycles. The van der Waals surface area contributed by atoms with Crippen LogP contribution in [0.2, 0.25) is 10.0 Å². The summed E-state index contributed by atoms with van der Waals surface area (Å²) in [5.41, 5.74) is 2.73. The molecular formula is C28H29Cl2N7O4. The number of ether oxygens (including phenoxy) is 2. The van der Waals surface area contributed by atoms with E-state index in [1.165, 1.54) is 25.6 Å². The lowest BCUT2D eigenvalue weighted by molar-refractivity contribution is -0.119. The van der Waals surface area contributed by atoms with E-state index in [0.29, 0.717) is 5.82 Å². The molecule has 4 aromatic rings. The topological polar surface area (TPSA) is 132 Å². The molecule has 0 saturated carbocycles. The number of carbonyl (C=O) groups is 2. The largest absolute Gasteiger partial charge is 0.437 e. The third-order valence-electron chi connectivity index (χ3n) is 5.69. The van der Waals surface area contributed by atoms with Gasteiger partial charge in [0.05, 0.1) is 22.1 Å². The second-order valence-corrected chi connectivity index (χ2v) is 10.8. The van der Waals surface area contributed by atoms with E-state index in [0.717, 1.165) is 16.9 Å². The van der Waals surface area contributed by atoms with Gasteiger partial charge in [0.1, 0.15) is 35.3 Å². The Balaban J connectivity index is 1.50. The Morgan fingerprint density at radius 1 is 0.951 bits per heavy atom. The maximum atomic E-state index is 13.0. The second-order valence-electron chi connectivity index (χ2n) is 10.1. The third-order valence-corrected chi connectivity index (χ3v) is 6.56. The molecule has 2 aromatic heterocycles. The van der Waals surface area contributed by atoms with E-state index in [2.05, 4.69) is 25.9 Å². The lowest BCUT2D eigenvalue weighted by atomic mass is 9.92. The summed E-state index contributed by atoms with van der Waals surface area (Å²) in [4.78, 5) is 32.8. The Kier molecular flexibility index (Phi) is 9.11. The summed E-state index contributed by atoms with van der Waals surface area (Å²) in [6.07, 6.45) is 1.22. The van der Waals surface area contributed by atoms with Gasteiger partial charge in [0.15, 0.2) is 0 Å². The molecule has 0 radical (unpaired) electrons. The van der Waals surface area contributed by atoms with E-state index < -0.39 is 6.03 Å². The number of urea groups is 1. The number of nitrogens with zero attached hydrogens (tertiary/aromatic N) is 4. The van der Waals surface area contributed by atoms with E-state index in [4.69, 9.17) is 37.8 Å². The molecule has 3 amide bonds. The van der Waals surface area contributed by atoms with Crippen molar-refractivity contribution < 1.29 is 19.1 Å². The molecule has 2 heterocycles. The molecule has 13 heteroatoms. The highest BCUT2D eigenvalue weighted by molar-refractivity contribution is 6.45. The fourth-order valence-electron chi connectivity index (χ4n) is 3.58. The predicted octanol–water partition coefficient (Wildman–Crippen LogP) is 6.60. The van der Waals surface area contributed by atoms with Crippen molar-refractivity contribution in [3.63, 3.8) is 0 Å². The summed E-state index contributed by atoms with van der Waals surface area (Å²) in [6, 6.07) is 13.6. The van der Waals surface area contributed by atoms with Gasteiger partial charge < -0.3 is 20.1 Å². The molecule has 0 aliphatic rings. The van der Waals surface area contributed by atoms with E-state index in [-0.39, 0.29) is 51.1 Å². The molecule has 214 valence electrons. The van der Waals surface area contributed by atoms with E-state index in [1.807, 2.05) is 58.0 Å². The van der Waals surface area contributed by atoms with Gasteiger partial charge in [-0.2, -0.15) is 5.10 Å². The van der Waals surface area contributed by atoms with Crippen LogP contribution < -0.4 is 20.7 Å². The van der Waals surface area contributed by atoms with E-state index >= 15 is 0 Å². The number of hydrogen-bond donors (Lipinski definition) is 3. The maximum absolute atomic E-state index is 13.0. The highest BCUT2D eigenvalue weighted by Crippen LogP contribution is 2.39. The Morgan fingerprint density at radius 2 is 1.68 bits per heavy atom. The average molecular weight is 598 g/mol. The van der Waals surface area contributed by atoms with E-state index in [1.54, 1.807) is 10.7 Å². The molecule has 0 bridgehead atoms. The van der Waals surface area contributed by atoms with Gasteiger partial charge in [-0.3, -0.25) is 10.1 Å². The van der Waals surface area contributed by atoms with Crippen LogP contribution >= 0.6 is 23.2 Å².